The lowest BCUT2D eigenvalue weighted by Gasteiger charge is -2.37. The van der Waals surface area contributed by atoms with E-state index in [-0.39, 0.29) is 12.1 Å². The van der Waals surface area contributed by atoms with Crippen LogP contribution in [0.5, 0.6) is 0 Å². The zero-order valence-corrected chi connectivity index (χ0v) is 6.47. The molecular formula is C7H10N4O. The van der Waals surface area contributed by atoms with Crippen LogP contribution in [-0.2, 0) is 4.79 Å². The van der Waals surface area contributed by atoms with Crippen molar-refractivity contribution in [2.45, 2.75) is 18.5 Å². The number of hydrogen-bond donors (Lipinski definition) is 2. The molecule has 0 bridgehead atoms. The molecule has 0 aromatic rings. The molecule has 0 aromatic heterocycles. The number of carbonyl (C=O) groups excluding carboxylic acids is 1. The van der Waals surface area contributed by atoms with Crippen molar-refractivity contribution in [2.75, 3.05) is 0 Å². The van der Waals surface area contributed by atoms with E-state index in [0.717, 1.165) is 12.7 Å². The fourth-order valence-electron chi connectivity index (χ4n) is 1.39. The van der Waals surface area contributed by atoms with E-state index in [0.29, 0.717) is 0 Å². The largest absolute Gasteiger partial charge is 0.378 e. The van der Waals surface area contributed by atoms with E-state index < -0.39 is 0 Å². The van der Waals surface area contributed by atoms with Crippen LogP contribution in [0.25, 0.3) is 0 Å². The minimum Gasteiger partial charge on any atom is -0.378 e. The average molecular weight is 166 g/mol. The first-order valence-electron chi connectivity index (χ1n) is 3.85. The van der Waals surface area contributed by atoms with E-state index in [1.807, 2.05) is 11.2 Å². The molecule has 5 heteroatoms. The summed E-state index contributed by atoms with van der Waals surface area (Å²) in [5.41, 5.74) is 2.80. The Hall–Kier alpha value is -1.52. The molecule has 12 heavy (non-hydrogen) atoms. The van der Waals surface area contributed by atoms with Gasteiger partial charge in [0.05, 0.1) is 6.04 Å². The molecular weight excluding hydrogens is 156 g/mol. The summed E-state index contributed by atoms with van der Waals surface area (Å²) in [6, 6.07) is -0.000694. The highest BCUT2D eigenvalue weighted by molar-refractivity contribution is 5.65. The molecule has 2 aliphatic heterocycles. The van der Waals surface area contributed by atoms with Gasteiger partial charge in [0.2, 0.25) is 0 Å². The van der Waals surface area contributed by atoms with Crippen LogP contribution in [0.4, 0.5) is 0 Å². The van der Waals surface area contributed by atoms with Gasteiger partial charge in [-0.1, -0.05) is 0 Å². The first-order chi connectivity index (χ1) is 5.92. The van der Waals surface area contributed by atoms with E-state index in [2.05, 4.69) is 16.0 Å². The lowest BCUT2D eigenvalue weighted by molar-refractivity contribution is -0.111. The Balaban J connectivity index is 2.18. The standard InChI is InChI=1S/C7H10N4O/c12-5-6-7-1-2-9-10-11(7)4-3-8-6/h2-8,10H,1H2. The minimum atomic E-state index is -0.144. The van der Waals surface area contributed by atoms with Crippen LogP contribution in [0.3, 0.4) is 0 Å². The number of hydrogen-bond acceptors (Lipinski definition) is 5. The lowest BCUT2D eigenvalue weighted by atomic mass is 10.0. The van der Waals surface area contributed by atoms with Crippen LogP contribution >= 0.6 is 0 Å². The Labute approximate surface area is 70.1 Å². The Morgan fingerprint density at radius 2 is 2.58 bits per heavy atom. The maximum Gasteiger partial charge on any atom is 0.144 e. The number of hydrazone groups is 1. The maximum atomic E-state index is 10.6. The van der Waals surface area contributed by atoms with Crippen molar-refractivity contribution in [1.82, 2.24) is 15.9 Å². The van der Waals surface area contributed by atoms with Gasteiger partial charge in [-0.15, -0.1) is 0 Å². The summed E-state index contributed by atoms with van der Waals surface area (Å²) in [4.78, 5) is 10.6. The molecule has 2 aliphatic rings. The average Bonchev–Trinajstić information content (AvgIpc) is 2.17. The topological polar surface area (TPSA) is 56.7 Å². The number of rotatable bonds is 1. The van der Waals surface area contributed by atoms with E-state index in [9.17, 15) is 4.79 Å². The van der Waals surface area contributed by atoms with Gasteiger partial charge in [-0.2, -0.15) is 5.10 Å². The van der Waals surface area contributed by atoms with Gasteiger partial charge in [-0.05, 0) is 0 Å². The molecule has 2 atom stereocenters. The molecule has 0 spiro atoms. The van der Waals surface area contributed by atoms with Crippen LogP contribution in [0.2, 0.25) is 0 Å². The summed E-state index contributed by atoms with van der Waals surface area (Å²) in [7, 11) is 0. The molecule has 2 heterocycles. The van der Waals surface area contributed by atoms with Crippen LogP contribution in [-0.4, -0.2) is 29.6 Å². The first kappa shape index (κ1) is 7.15. The fourth-order valence-corrected chi connectivity index (χ4v) is 1.39. The van der Waals surface area contributed by atoms with E-state index >= 15 is 0 Å². The first-order valence-corrected chi connectivity index (χ1v) is 3.85. The van der Waals surface area contributed by atoms with Crippen molar-refractivity contribution >= 4 is 12.5 Å². The smallest absolute Gasteiger partial charge is 0.144 e. The Morgan fingerprint density at radius 1 is 1.67 bits per heavy atom. The Bertz CT molecular complexity index is 238. The van der Waals surface area contributed by atoms with Crippen LogP contribution < -0.4 is 10.9 Å². The van der Waals surface area contributed by atoms with Crippen molar-refractivity contribution in [2.24, 2.45) is 5.10 Å². The van der Waals surface area contributed by atoms with Gasteiger partial charge in [0.25, 0.3) is 0 Å². The normalized spacial score (nSPS) is 31.8. The second-order valence-electron chi connectivity index (χ2n) is 2.77. The zero-order chi connectivity index (χ0) is 8.39. The predicted octanol–water partition coefficient (Wildman–Crippen LogP) is -0.807. The summed E-state index contributed by atoms with van der Waals surface area (Å²) >= 11 is 0. The number of nitrogens with one attached hydrogen (secondary N) is 2. The van der Waals surface area contributed by atoms with Crippen molar-refractivity contribution in [3.05, 3.63) is 12.4 Å². The lowest BCUT2D eigenvalue weighted by Crippen LogP contribution is -2.56. The van der Waals surface area contributed by atoms with Crippen molar-refractivity contribution in [3.8, 4) is 0 Å². The summed E-state index contributed by atoms with van der Waals surface area (Å²) in [6.45, 7) is 0. The van der Waals surface area contributed by atoms with E-state index in [4.69, 9.17) is 0 Å². The molecule has 0 saturated carbocycles. The molecule has 0 aromatic carbocycles. The van der Waals surface area contributed by atoms with Gasteiger partial charge in [-0.25, -0.2) is 5.53 Å². The van der Waals surface area contributed by atoms with Gasteiger partial charge in [0.1, 0.15) is 12.3 Å². The predicted molar refractivity (Wildman–Crippen MR) is 44.0 cm³/mol. The zero-order valence-electron chi connectivity index (χ0n) is 6.47. The van der Waals surface area contributed by atoms with Gasteiger partial charge < -0.3 is 10.1 Å². The third-order valence-electron chi connectivity index (χ3n) is 2.05. The summed E-state index contributed by atoms with van der Waals surface area (Å²) < 4.78 is 0. The number of nitrogens with zero attached hydrogens (tertiary/aromatic N) is 2. The second-order valence-corrected chi connectivity index (χ2v) is 2.77. The quantitative estimate of drug-likeness (QED) is 0.500. The Morgan fingerprint density at radius 3 is 3.42 bits per heavy atom. The molecule has 2 N–H and O–H groups in total. The summed E-state index contributed by atoms with van der Waals surface area (Å²) in [6.07, 6.45) is 7.05. The van der Waals surface area contributed by atoms with Crippen molar-refractivity contribution in [1.29, 1.82) is 0 Å². The van der Waals surface area contributed by atoms with Crippen LogP contribution in [0.15, 0.2) is 17.5 Å². The monoisotopic (exact) mass is 166 g/mol. The molecule has 64 valence electrons. The third-order valence-corrected chi connectivity index (χ3v) is 2.05. The van der Waals surface area contributed by atoms with Crippen molar-refractivity contribution < 1.29 is 4.79 Å². The molecule has 5 nitrogen and oxygen atoms in total. The highest BCUT2D eigenvalue weighted by Gasteiger charge is 2.28. The number of aldehydes is 1. The van der Waals surface area contributed by atoms with E-state index in [1.165, 1.54) is 0 Å². The van der Waals surface area contributed by atoms with Gasteiger partial charge in [0.15, 0.2) is 0 Å². The van der Waals surface area contributed by atoms with Gasteiger partial charge in [-0.3, -0.25) is 5.01 Å². The molecule has 2 unspecified atom stereocenters. The maximum absolute atomic E-state index is 10.6. The Kier molecular flexibility index (Phi) is 1.69. The van der Waals surface area contributed by atoms with Crippen molar-refractivity contribution in [3.63, 3.8) is 0 Å². The summed E-state index contributed by atoms with van der Waals surface area (Å²) in [5, 5.41) is 8.69. The molecule has 2 rings (SSSR count). The van der Waals surface area contributed by atoms with Gasteiger partial charge >= 0.3 is 0 Å². The third kappa shape index (κ3) is 1.03. The highest BCUT2D eigenvalue weighted by atomic mass is 16.1. The molecule has 0 aliphatic carbocycles. The molecule has 0 radical (unpaired) electrons. The van der Waals surface area contributed by atoms with E-state index in [1.54, 1.807) is 12.4 Å². The fraction of sp³-hybridized carbons (Fsp3) is 0.429. The van der Waals surface area contributed by atoms with Crippen LogP contribution in [0.1, 0.15) is 6.42 Å². The highest BCUT2D eigenvalue weighted by Crippen LogP contribution is 2.11. The second kappa shape index (κ2) is 2.84. The number of hydrazine groups is 1. The summed E-state index contributed by atoms with van der Waals surface area (Å²) in [5.74, 6) is 0. The van der Waals surface area contributed by atoms with Crippen LogP contribution in [0, 0.1) is 0 Å². The van der Waals surface area contributed by atoms with Gasteiger partial charge in [0, 0.05) is 25.0 Å². The number of carbonyl (C=O) groups is 1. The number of fused-ring (bicyclic) bond motifs is 1. The molecule has 0 fully saturated rings. The molecule has 0 saturated heterocycles. The molecule has 0 amide bonds. The SMILES string of the molecule is O=CC1NC=CN2NN=CCC12. The minimum absolute atomic E-state index is 0.144.